The van der Waals surface area contributed by atoms with Crippen molar-refractivity contribution < 1.29 is 0 Å². The Bertz CT molecular complexity index is 268. The third-order valence-corrected chi connectivity index (χ3v) is 2.06. The Morgan fingerprint density at radius 1 is 1.45 bits per heavy atom. The van der Waals surface area contributed by atoms with Crippen molar-refractivity contribution in [2.75, 3.05) is 0 Å². The molecule has 0 saturated heterocycles. The molecule has 0 saturated carbocycles. The highest BCUT2D eigenvalue weighted by atomic mass is 79.9. The highest BCUT2D eigenvalue weighted by Gasteiger charge is 2.00. The number of hydrogen-bond donors (Lipinski definition) is 1. The minimum Gasteiger partial charge on any atom is -0.293 e. The van der Waals surface area contributed by atoms with Crippen LogP contribution in [0.25, 0.3) is 0 Å². The maximum absolute atomic E-state index is 7.40. The van der Waals surface area contributed by atoms with E-state index in [1.54, 1.807) is 0 Å². The summed E-state index contributed by atoms with van der Waals surface area (Å²) in [4.78, 5) is 0. The van der Waals surface area contributed by atoms with E-state index in [9.17, 15) is 0 Å². The lowest BCUT2D eigenvalue weighted by molar-refractivity contribution is 1.13. The smallest absolute Gasteiger partial charge is 0.104 e. The Balaban J connectivity index is 3.12. The molecule has 0 aliphatic heterocycles. The fourth-order valence-electron chi connectivity index (χ4n) is 1.04. The van der Waals surface area contributed by atoms with Gasteiger partial charge in [-0.15, -0.1) is 0 Å². The summed E-state index contributed by atoms with van der Waals surface area (Å²) in [6.07, 6.45) is 0.976. The summed E-state index contributed by atoms with van der Waals surface area (Å²) in [5.41, 5.74) is 2.21. The normalized spacial score (nSPS) is 9.64. The van der Waals surface area contributed by atoms with Gasteiger partial charge in [-0.2, -0.15) is 0 Å². The fraction of sp³-hybridized carbons (Fsp3) is 0.222. The molecular weight excluding hydrogens is 202 g/mol. The van der Waals surface area contributed by atoms with Crippen molar-refractivity contribution in [2.45, 2.75) is 13.3 Å². The highest BCUT2D eigenvalue weighted by molar-refractivity contribution is 9.18. The predicted octanol–water partition coefficient (Wildman–Crippen LogP) is 2.97. The van der Waals surface area contributed by atoms with E-state index in [0.717, 1.165) is 12.0 Å². The Kier molecular flexibility index (Phi) is 2.83. The van der Waals surface area contributed by atoms with Crippen LogP contribution in [0.2, 0.25) is 0 Å². The standard InChI is InChI=1S/C9H10BrN/c1-2-7-5-3-4-6-8(7)9(10)11/h3-6,11H,2H2,1H3. The predicted molar refractivity (Wildman–Crippen MR) is 51.6 cm³/mol. The van der Waals surface area contributed by atoms with Gasteiger partial charge in [-0.1, -0.05) is 31.2 Å². The zero-order chi connectivity index (χ0) is 8.27. The van der Waals surface area contributed by atoms with E-state index in [1.807, 2.05) is 24.3 Å². The molecule has 1 aromatic carbocycles. The first-order valence-electron chi connectivity index (χ1n) is 3.58. The molecule has 0 bridgehead atoms. The summed E-state index contributed by atoms with van der Waals surface area (Å²) in [6.45, 7) is 2.09. The molecule has 0 radical (unpaired) electrons. The third kappa shape index (κ3) is 1.90. The molecule has 2 heteroatoms. The van der Waals surface area contributed by atoms with Crippen molar-refractivity contribution >= 4 is 20.6 Å². The van der Waals surface area contributed by atoms with Crippen molar-refractivity contribution in [1.82, 2.24) is 0 Å². The summed E-state index contributed by atoms with van der Waals surface area (Å²) in [7, 11) is 0. The number of hydrogen-bond acceptors (Lipinski definition) is 1. The molecule has 1 aromatic rings. The van der Waals surface area contributed by atoms with Crippen molar-refractivity contribution in [3.8, 4) is 0 Å². The molecule has 0 fully saturated rings. The first-order valence-corrected chi connectivity index (χ1v) is 4.37. The molecule has 11 heavy (non-hydrogen) atoms. The third-order valence-electron chi connectivity index (χ3n) is 1.63. The zero-order valence-corrected chi connectivity index (χ0v) is 7.98. The molecule has 0 spiro atoms. The van der Waals surface area contributed by atoms with E-state index in [2.05, 4.69) is 22.9 Å². The molecule has 0 unspecified atom stereocenters. The largest absolute Gasteiger partial charge is 0.293 e. The Hall–Kier alpha value is -0.630. The minimum atomic E-state index is 0.468. The number of nitrogens with one attached hydrogen (secondary N) is 1. The van der Waals surface area contributed by atoms with Crippen LogP contribution in [0.3, 0.4) is 0 Å². The van der Waals surface area contributed by atoms with Gasteiger partial charge in [0.15, 0.2) is 0 Å². The summed E-state index contributed by atoms with van der Waals surface area (Å²) in [5.74, 6) is 0. The maximum atomic E-state index is 7.40. The van der Waals surface area contributed by atoms with E-state index in [1.165, 1.54) is 5.56 Å². The lowest BCUT2D eigenvalue weighted by Gasteiger charge is -2.02. The van der Waals surface area contributed by atoms with Crippen LogP contribution in [-0.2, 0) is 6.42 Å². The van der Waals surface area contributed by atoms with Crippen LogP contribution in [-0.4, -0.2) is 4.62 Å². The Labute approximate surface area is 75.1 Å². The molecule has 0 amide bonds. The second-order valence-corrected chi connectivity index (χ2v) is 3.12. The Morgan fingerprint density at radius 2 is 2.09 bits per heavy atom. The van der Waals surface area contributed by atoms with Gasteiger partial charge < -0.3 is 0 Å². The van der Waals surface area contributed by atoms with Crippen LogP contribution in [0.1, 0.15) is 18.1 Å². The summed E-state index contributed by atoms with van der Waals surface area (Å²) in [6, 6.07) is 7.95. The molecule has 1 rings (SSSR count). The molecular formula is C9H10BrN. The summed E-state index contributed by atoms with van der Waals surface area (Å²) >= 11 is 3.16. The van der Waals surface area contributed by atoms with Gasteiger partial charge in [-0.05, 0) is 27.9 Å². The lowest BCUT2D eigenvalue weighted by Crippen LogP contribution is -1.94. The van der Waals surface area contributed by atoms with Crippen LogP contribution >= 0.6 is 15.9 Å². The van der Waals surface area contributed by atoms with Crippen molar-refractivity contribution in [3.63, 3.8) is 0 Å². The van der Waals surface area contributed by atoms with Crippen LogP contribution in [0, 0.1) is 5.41 Å². The molecule has 1 N–H and O–H groups in total. The maximum Gasteiger partial charge on any atom is 0.104 e. The van der Waals surface area contributed by atoms with Crippen molar-refractivity contribution in [1.29, 1.82) is 5.41 Å². The van der Waals surface area contributed by atoms with Gasteiger partial charge in [0.2, 0.25) is 0 Å². The number of rotatable bonds is 2. The van der Waals surface area contributed by atoms with Gasteiger partial charge in [0.1, 0.15) is 4.62 Å². The van der Waals surface area contributed by atoms with Gasteiger partial charge in [0.25, 0.3) is 0 Å². The average molecular weight is 212 g/mol. The van der Waals surface area contributed by atoms with Gasteiger partial charge >= 0.3 is 0 Å². The Morgan fingerprint density at radius 3 is 2.55 bits per heavy atom. The molecule has 0 aliphatic carbocycles. The van der Waals surface area contributed by atoms with Gasteiger partial charge in [-0.25, -0.2) is 0 Å². The van der Waals surface area contributed by atoms with Gasteiger partial charge in [-0.3, -0.25) is 5.41 Å². The fourth-order valence-corrected chi connectivity index (χ4v) is 1.43. The van der Waals surface area contributed by atoms with E-state index < -0.39 is 0 Å². The zero-order valence-electron chi connectivity index (χ0n) is 6.39. The van der Waals surface area contributed by atoms with E-state index in [-0.39, 0.29) is 0 Å². The van der Waals surface area contributed by atoms with Crippen LogP contribution in [0.5, 0.6) is 0 Å². The monoisotopic (exact) mass is 211 g/mol. The second-order valence-electron chi connectivity index (χ2n) is 2.32. The molecule has 0 aliphatic rings. The van der Waals surface area contributed by atoms with E-state index in [0.29, 0.717) is 4.62 Å². The number of halogens is 1. The molecule has 0 aromatic heterocycles. The molecule has 58 valence electrons. The average Bonchev–Trinajstić information content (AvgIpc) is 2.04. The second kappa shape index (κ2) is 3.67. The molecule has 0 atom stereocenters. The first kappa shape index (κ1) is 8.47. The van der Waals surface area contributed by atoms with Crippen molar-refractivity contribution in [2.24, 2.45) is 0 Å². The van der Waals surface area contributed by atoms with Gasteiger partial charge in [0, 0.05) is 5.56 Å². The minimum absolute atomic E-state index is 0.468. The number of aryl methyl sites for hydroxylation is 1. The van der Waals surface area contributed by atoms with Crippen LogP contribution in [0.15, 0.2) is 24.3 Å². The van der Waals surface area contributed by atoms with Crippen molar-refractivity contribution in [3.05, 3.63) is 35.4 Å². The summed E-state index contributed by atoms with van der Waals surface area (Å²) in [5, 5.41) is 7.40. The SMILES string of the molecule is CCc1ccccc1C(=N)Br. The first-order chi connectivity index (χ1) is 5.25. The molecule has 1 nitrogen and oxygen atoms in total. The quantitative estimate of drug-likeness (QED) is 0.728. The number of benzene rings is 1. The van der Waals surface area contributed by atoms with Crippen LogP contribution in [0.4, 0.5) is 0 Å². The highest BCUT2D eigenvalue weighted by Crippen LogP contribution is 2.12. The lowest BCUT2D eigenvalue weighted by atomic mass is 10.1. The van der Waals surface area contributed by atoms with Crippen LogP contribution < -0.4 is 0 Å². The molecule has 0 heterocycles. The topological polar surface area (TPSA) is 23.9 Å². The van der Waals surface area contributed by atoms with E-state index in [4.69, 9.17) is 5.41 Å². The summed E-state index contributed by atoms with van der Waals surface area (Å²) < 4.78 is 0.468. The van der Waals surface area contributed by atoms with E-state index >= 15 is 0 Å². The van der Waals surface area contributed by atoms with Gasteiger partial charge in [0.05, 0.1) is 0 Å².